The third-order valence-corrected chi connectivity index (χ3v) is 6.10. The summed E-state index contributed by atoms with van der Waals surface area (Å²) in [5, 5.41) is 11.0. The molecule has 0 unspecified atom stereocenters. The van der Waals surface area contributed by atoms with Crippen LogP contribution >= 0.6 is 11.8 Å². The predicted octanol–water partition coefficient (Wildman–Crippen LogP) is 3.63. The minimum absolute atomic E-state index is 0.0101. The fourth-order valence-electron chi connectivity index (χ4n) is 2.48. The van der Waals surface area contributed by atoms with Gasteiger partial charge in [0.05, 0.1) is 23.8 Å². The Morgan fingerprint density at radius 3 is 2.55 bits per heavy atom. The Morgan fingerprint density at radius 2 is 1.84 bits per heavy atom. The number of sulfonamides is 1. The van der Waals surface area contributed by atoms with Crippen molar-refractivity contribution in [3.05, 3.63) is 48.5 Å². The number of para-hydroxylation sites is 2. The van der Waals surface area contributed by atoms with Gasteiger partial charge in [-0.15, -0.1) is 10.2 Å². The first-order valence-corrected chi connectivity index (χ1v) is 12.1. The lowest BCUT2D eigenvalue weighted by atomic mass is 10.2. The van der Waals surface area contributed by atoms with Gasteiger partial charge in [0, 0.05) is 11.3 Å². The molecular weight excluding hydrogens is 440 g/mol. The highest BCUT2D eigenvalue weighted by Crippen LogP contribution is 2.26. The van der Waals surface area contributed by atoms with Crippen LogP contribution in [0.3, 0.4) is 0 Å². The number of benzene rings is 2. The van der Waals surface area contributed by atoms with E-state index in [0.29, 0.717) is 29.3 Å². The van der Waals surface area contributed by atoms with Crippen molar-refractivity contribution in [2.45, 2.75) is 19.1 Å². The van der Waals surface area contributed by atoms with E-state index in [1.54, 1.807) is 43.3 Å². The van der Waals surface area contributed by atoms with Crippen molar-refractivity contribution in [2.75, 3.05) is 28.2 Å². The van der Waals surface area contributed by atoms with Gasteiger partial charge in [0.1, 0.15) is 5.75 Å². The third kappa shape index (κ3) is 6.46. The van der Waals surface area contributed by atoms with Crippen LogP contribution < -0.4 is 14.8 Å². The Kier molecular flexibility index (Phi) is 7.53. The number of amides is 1. The van der Waals surface area contributed by atoms with Crippen LogP contribution in [-0.2, 0) is 14.8 Å². The molecule has 0 saturated carbocycles. The summed E-state index contributed by atoms with van der Waals surface area (Å²) in [6.07, 6.45) is 0. The van der Waals surface area contributed by atoms with Crippen LogP contribution in [0.4, 0.5) is 11.4 Å². The number of hydrogen-bond acceptors (Lipinski definition) is 8. The first-order valence-electron chi connectivity index (χ1n) is 9.49. The molecule has 1 heterocycles. The Morgan fingerprint density at radius 1 is 1.10 bits per heavy atom. The van der Waals surface area contributed by atoms with E-state index < -0.39 is 10.0 Å². The van der Waals surface area contributed by atoms with Gasteiger partial charge in [0.2, 0.25) is 21.8 Å². The van der Waals surface area contributed by atoms with E-state index >= 15 is 0 Å². The number of thioether (sulfide) groups is 1. The van der Waals surface area contributed by atoms with Gasteiger partial charge in [-0.3, -0.25) is 9.52 Å². The van der Waals surface area contributed by atoms with Crippen molar-refractivity contribution in [3.8, 4) is 17.2 Å². The smallest absolute Gasteiger partial charge is 0.277 e. The van der Waals surface area contributed by atoms with Crippen molar-refractivity contribution >= 4 is 39.1 Å². The number of aromatic nitrogens is 2. The standard InChI is InChI=1S/C20H22N4O5S2/c1-3-28-17-8-6-5-7-16(17)21-18(25)13-30-20-23-22-19(29-20)14-9-11-15(12-10-14)24-31(26,27)4-2/h5-12,24H,3-4,13H2,1-2H3,(H,21,25). The molecule has 2 aromatic carbocycles. The summed E-state index contributed by atoms with van der Waals surface area (Å²) in [5.41, 5.74) is 1.68. The van der Waals surface area contributed by atoms with Crippen LogP contribution in [0.1, 0.15) is 13.8 Å². The van der Waals surface area contributed by atoms with Gasteiger partial charge in [0.15, 0.2) is 0 Å². The molecule has 0 radical (unpaired) electrons. The number of carbonyl (C=O) groups is 1. The maximum Gasteiger partial charge on any atom is 0.277 e. The van der Waals surface area contributed by atoms with E-state index in [4.69, 9.17) is 9.15 Å². The van der Waals surface area contributed by atoms with Crippen LogP contribution in [0, 0.1) is 0 Å². The predicted molar refractivity (Wildman–Crippen MR) is 120 cm³/mol. The molecule has 0 atom stereocenters. The molecule has 1 aromatic heterocycles. The Bertz CT molecular complexity index is 1130. The van der Waals surface area contributed by atoms with Crippen LogP contribution in [0.25, 0.3) is 11.5 Å². The molecule has 1 amide bonds. The molecule has 0 aliphatic carbocycles. The van der Waals surface area contributed by atoms with Crippen molar-refractivity contribution in [1.29, 1.82) is 0 Å². The second kappa shape index (κ2) is 10.3. The molecule has 11 heteroatoms. The number of nitrogens with one attached hydrogen (secondary N) is 2. The van der Waals surface area contributed by atoms with E-state index in [0.717, 1.165) is 11.8 Å². The maximum atomic E-state index is 12.3. The summed E-state index contributed by atoms with van der Waals surface area (Å²) in [7, 11) is -3.34. The van der Waals surface area contributed by atoms with E-state index in [9.17, 15) is 13.2 Å². The zero-order valence-corrected chi connectivity index (χ0v) is 18.6. The molecule has 0 fully saturated rings. The van der Waals surface area contributed by atoms with Gasteiger partial charge in [-0.05, 0) is 50.2 Å². The number of hydrogen-bond donors (Lipinski definition) is 2. The van der Waals surface area contributed by atoms with Crippen molar-refractivity contribution in [2.24, 2.45) is 0 Å². The zero-order chi connectivity index (χ0) is 22.3. The molecule has 9 nitrogen and oxygen atoms in total. The molecule has 0 aliphatic heterocycles. The average molecular weight is 463 g/mol. The van der Waals surface area contributed by atoms with Crippen LogP contribution in [0.15, 0.2) is 58.2 Å². The summed E-state index contributed by atoms with van der Waals surface area (Å²) in [5.74, 6) is 0.718. The largest absolute Gasteiger partial charge is 0.492 e. The molecule has 3 aromatic rings. The highest BCUT2D eigenvalue weighted by Gasteiger charge is 2.13. The monoisotopic (exact) mass is 462 g/mol. The third-order valence-electron chi connectivity index (χ3n) is 3.98. The van der Waals surface area contributed by atoms with Gasteiger partial charge >= 0.3 is 0 Å². The minimum atomic E-state index is -3.34. The average Bonchev–Trinajstić information content (AvgIpc) is 3.23. The van der Waals surface area contributed by atoms with Crippen LogP contribution in [0.2, 0.25) is 0 Å². The molecule has 0 spiro atoms. The number of carbonyl (C=O) groups excluding carboxylic acids is 1. The molecule has 0 aliphatic rings. The van der Waals surface area contributed by atoms with Gasteiger partial charge in [-0.2, -0.15) is 0 Å². The van der Waals surface area contributed by atoms with Crippen LogP contribution in [0.5, 0.6) is 5.75 Å². The van der Waals surface area contributed by atoms with E-state index in [1.807, 2.05) is 19.1 Å². The summed E-state index contributed by atoms with van der Waals surface area (Å²) < 4.78 is 36.8. The van der Waals surface area contributed by atoms with E-state index in [2.05, 4.69) is 20.2 Å². The van der Waals surface area contributed by atoms with Crippen molar-refractivity contribution in [3.63, 3.8) is 0 Å². The number of rotatable bonds is 10. The quantitative estimate of drug-likeness (QED) is 0.438. The first kappa shape index (κ1) is 22.6. The second-order valence-electron chi connectivity index (χ2n) is 6.22. The highest BCUT2D eigenvalue weighted by atomic mass is 32.2. The molecule has 31 heavy (non-hydrogen) atoms. The van der Waals surface area contributed by atoms with Gasteiger partial charge in [-0.25, -0.2) is 8.42 Å². The fourth-order valence-corrected chi connectivity index (χ4v) is 3.68. The van der Waals surface area contributed by atoms with Crippen molar-refractivity contribution < 1.29 is 22.4 Å². The number of nitrogens with zero attached hydrogens (tertiary/aromatic N) is 2. The summed E-state index contributed by atoms with van der Waals surface area (Å²) in [6, 6.07) is 13.8. The number of ether oxygens (including phenoxy) is 1. The SMILES string of the molecule is CCOc1ccccc1NC(=O)CSc1nnc(-c2ccc(NS(=O)(=O)CC)cc2)o1. The molecular formula is C20H22N4O5S2. The summed E-state index contributed by atoms with van der Waals surface area (Å²) in [4.78, 5) is 12.3. The maximum absolute atomic E-state index is 12.3. The Balaban J connectivity index is 1.57. The summed E-state index contributed by atoms with van der Waals surface area (Å²) >= 11 is 1.11. The highest BCUT2D eigenvalue weighted by molar-refractivity contribution is 7.99. The molecule has 164 valence electrons. The van der Waals surface area contributed by atoms with Crippen molar-refractivity contribution in [1.82, 2.24) is 10.2 Å². The zero-order valence-electron chi connectivity index (χ0n) is 17.0. The first-order chi connectivity index (χ1) is 14.9. The van der Waals surface area contributed by atoms with Gasteiger partial charge in [-0.1, -0.05) is 23.9 Å². The lowest BCUT2D eigenvalue weighted by Crippen LogP contribution is -2.14. The molecule has 2 N–H and O–H groups in total. The Labute approximate surface area is 184 Å². The topological polar surface area (TPSA) is 123 Å². The van der Waals surface area contributed by atoms with E-state index in [1.165, 1.54) is 0 Å². The van der Waals surface area contributed by atoms with Gasteiger partial charge < -0.3 is 14.5 Å². The number of anilines is 2. The Hall–Kier alpha value is -3.05. The minimum Gasteiger partial charge on any atom is -0.492 e. The second-order valence-corrected chi connectivity index (χ2v) is 9.16. The fraction of sp³-hybridized carbons (Fsp3) is 0.250. The molecule has 0 saturated heterocycles. The lowest BCUT2D eigenvalue weighted by molar-refractivity contribution is -0.113. The van der Waals surface area contributed by atoms with Crippen LogP contribution in [-0.4, -0.2) is 42.6 Å². The summed E-state index contributed by atoms with van der Waals surface area (Å²) in [6.45, 7) is 3.93. The normalized spacial score (nSPS) is 11.2. The lowest BCUT2D eigenvalue weighted by Gasteiger charge is -2.10. The van der Waals surface area contributed by atoms with E-state index in [-0.39, 0.29) is 28.5 Å². The molecule has 0 bridgehead atoms. The molecule has 3 rings (SSSR count). The van der Waals surface area contributed by atoms with Gasteiger partial charge in [0.25, 0.3) is 5.22 Å².